The lowest BCUT2D eigenvalue weighted by molar-refractivity contribution is 0.746. The molecule has 70 valence electrons. The van der Waals surface area contributed by atoms with E-state index in [2.05, 4.69) is 57.0 Å². The van der Waals surface area contributed by atoms with Crippen molar-refractivity contribution >= 4 is 31.9 Å². The first-order valence-electron chi connectivity index (χ1n) is 4.60. The molecule has 2 atom stereocenters. The molecule has 1 saturated carbocycles. The minimum atomic E-state index is 0.932. The van der Waals surface area contributed by atoms with Crippen LogP contribution in [0.15, 0.2) is 27.1 Å². The summed E-state index contributed by atoms with van der Waals surface area (Å²) in [5.41, 5.74) is 1.44. The van der Waals surface area contributed by atoms with E-state index in [0.29, 0.717) is 0 Å². The van der Waals surface area contributed by atoms with Gasteiger partial charge < -0.3 is 0 Å². The van der Waals surface area contributed by atoms with Crippen molar-refractivity contribution < 1.29 is 0 Å². The van der Waals surface area contributed by atoms with Crippen LogP contribution in [0, 0.1) is 11.8 Å². The van der Waals surface area contributed by atoms with Crippen LogP contribution in [0.1, 0.15) is 18.9 Å². The summed E-state index contributed by atoms with van der Waals surface area (Å²) in [5, 5.41) is 0. The molecule has 13 heavy (non-hydrogen) atoms. The quantitative estimate of drug-likeness (QED) is 0.759. The lowest BCUT2D eigenvalue weighted by Crippen LogP contribution is -1.88. The molecular weight excluding hydrogens is 292 g/mol. The van der Waals surface area contributed by atoms with Crippen molar-refractivity contribution in [1.29, 1.82) is 0 Å². The summed E-state index contributed by atoms with van der Waals surface area (Å²) in [6.07, 6.45) is 2.64. The predicted molar refractivity (Wildman–Crippen MR) is 62.8 cm³/mol. The Morgan fingerprint density at radius 2 is 1.77 bits per heavy atom. The maximum Gasteiger partial charge on any atom is 0.0189 e. The highest BCUT2D eigenvalue weighted by atomic mass is 79.9. The van der Waals surface area contributed by atoms with Gasteiger partial charge in [0.25, 0.3) is 0 Å². The average molecular weight is 304 g/mol. The summed E-state index contributed by atoms with van der Waals surface area (Å²) in [7, 11) is 0. The molecule has 0 radical (unpaired) electrons. The zero-order valence-electron chi connectivity index (χ0n) is 7.56. The standard InChI is InChI=1S/C11H12Br2/c1-7-2-9(7)3-8-4-10(12)6-11(13)5-8/h4-7,9H,2-3H2,1H3/t7-,9+/m0/s1. The van der Waals surface area contributed by atoms with Gasteiger partial charge in [-0.05, 0) is 48.4 Å². The van der Waals surface area contributed by atoms with Gasteiger partial charge in [-0.25, -0.2) is 0 Å². The fourth-order valence-electron chi connectivity index (χ4n) is 1.72. The Labute approximate surface area is 96.0 Å². The van der Waals surface area contributed by atoms with E-state index >= 15 is 0 Å². The van der Waals surface area contributed by atoms with Crippen molar-refractivity contribution in [3.8, 4) is 0 Å². The molecule has 2 heteroatoms. The largest absolute Gasteiger partial charge is 0.0622 e. The van der Waals surface area contributed by atoms with Crippen LogP contribution in [0.4, 0.5) is 0 Å². The van der Waals surface area contributed by atoms with Crippen LogP contribution < -0.4 is 0 Å². The second-order valence-corrected chi connectivity index (χ2v) is 5.79. The Bertz CT molecular complexity index is 300. The average Bonchev–Trinajstić information content (AvgIpc) is 2.63. The van der Waals surface area contributed by atoms with Crippen LogP contribution in [0.3, 0.4) is 0 Å². The van der Waals surface area contributed by atoms with Gasteiger partial charge in [0.15, 0.2) is 0 Å². The normalized spacial score (nSPS) is 26.1. The van der Waals surface area contributed by atoms with Crippen LogP contribution in [-0.4, -0.2) is 0 Å². The monoisotopic (exact) mass is 302 g/mol. The van der Waals surface area contributed by atoms with Gasteiger partial charge in [0.05, 0.1) is 0 Å². The third-order valence-corrected chi connectivity index (χ3v) is 3.61. The number of hydrogen-bond acceptors (Lipinski definition) is 0. The summed E-state index contributed by atoms with van der Waals surface area (Å²) in [6.45, 7) is 2.33. The zero-order chi connectivity index (χ0) is 9.42. The van der Waals surface area contributed by atoms with Gasteiger partial charge in [-0.1, -0.05) is 38.8 Å². The maximum absolute atomic E-state index is 3.51. The molecule has 1 fully saturated rings. The smallest absolute Gasteiger partial charge is 0.0189 e. The number of hydrogen-bond donors (Lipinski definition) is 0. The highest BCUT2D eigenvalue weighted by Gasteiger charge is 2.32. The number of halogens is 2. The van der Waals surface area contributed by atoms with Crippen molar-refractivity contribution in [3.63, 3.8) is 0 Å². The highest BCUT2D eigenvalue weighted by Crippen LogP contribution is 2.40. The highest BCUT2D eigenvalue weighted by molar-refractivity contribution is 9.11. The number of rotatable bonds is 2. The molecule has 0 amide bonds. The minimum absolute atomic E-state index is 0.932. The Kier molecular flexibility index (Phi) is 2.80. The molecule has 0 spiro atoms. The first kappa shape index (κ1) is 9.72. The van der Waals surface area contributed by atoms with Gasteiger partial charge in [0.1, 0.15) is 0 Å². The lowest BCUT2D eigenvalue weighted by Gasteiger charge is -2.02. The molecule has 1 aliphatic rings. The van der Waals surface area contributed by atoms with Gasteiger partial charge in [0.2, 0.25) is 0 Å². The molecule has 1 aromatic rings. The van der Waals surface area contributed by atoms with E-state index < -0.39 is 0 Å². The maximum atomic E-state index is 3.51. The third kappa shape index (κ3) is 2.57. The summed E-state index contributed by atoms with van der Waals surface area (Å²) >= 11 is 7.02. The van der Waals surface area contributed by atoms with Gasteiger partial charge in [-0.3, -0.25) is 0 Å². The second kappa shape index (κ2) is 3.74. The fraction of sp³-hybridized carbons (Fsp3) is 0.455. The first-order valence-corrected chi connectivity index (χ1v) is 6.18. The van der Waals surface area contributed by atoms with E-state index in [0.717, 1.165) is 11.8 Å². The van der Waals surface area contributed by atoms with E-state index in [4.69, 9.17) is 0 Å². The van der Waals surface area contributed by atoms with E-state index in [1.807, 2.05) is 0 Å². The van der Waals surface area contributed by atoms with Gasteiger partial charge in [-0.2, -0.15) is 0 Å². The van der Waals surface area contributed by atoms with Crippen LogP contribution in [0.5, 0.6) is 0 Å². The van der Waals surface area contributed by atoms with Gasteiger partial charge >= 0.3 is 0 Å². The second-order valence-electron chi connectivity index (χ2n) is 3.95. The van der Waals surface area contributed by atoms with Crippen molar-refractivity contribution in [1.82, 2.24) is 0 Å². The molecule has 1 aromatic carbocycles. The Hall–Kier alpha value is 0.180. The summed E-state index contributed by atoms with van der Waals surface area (Å²) < 4.78 is 2.34. The molecule has 0 aliphatic heterocycles. The molecule has 0 bridgehead atoms. The molecule has 1 aliphatic carbocycles. The molecule has 0 saturated heterocycles. The van der Waals surface area contributed by atoms with Crippen molar-refractivity contribution in [3.05, 3.63) is 32.7 Å². The molecule has 2 rings (SSSR count). The van der Waals surface area contributed by atoms with Gasteiger partial charge in [-0.15, -0.1) is 0 Å². The summed E-state index contributed by atoms with van der Waals surface area (Å²) in [6, 6.07) is 6.52. The van der Waals surface area contributed by atoms with E-state index in [9.17, 15) is 0 Å². The first-order chi connectivity index (χ1) is 6.15. The van der Waals surface area contributed by atoms with Crippen LogP contribution in [-0.2, 0) is 6.42 Å². The van der Waals surface area contributed by atoms with Crippen molar-refractivity contribution in [2.45, 2.75) is 19.8 Å². The molecule has 0 N–H and O–H groups in total. The Morgan fingerprint density at radius 1 is 1.23 bits per heavy atom. The fourth-order valence-corrected chi connectivity index (χ4v) is 3.10. The lowest BCUT2D eigenvalue weighted by atomic mass is 10.1. The van der Waals surface area contributed by atoms with E-state index in [-0.39, 0.29) is 0 Å². The molecule has 0 unspecified atom stereocenters. The predicted octanol–water partition coefficient (Wildman–Crippen LogP) is 4.41. The Balaban J connectivity index is 2.11. The topological polar surface area (TPSA) is 0 Å². The van der Waals surface area contributed by atoms with Gasteiger partial charge in [0, 0.05) is 8.95 Å². The summed E-state index contributed by atoms with van der Waals surface area (Å²) in [4.78, 5) is 0. The van der Waals surface area contributed by atoms with Crippen LogP contribution in [0.2, 0.25) is 0 Å². The van der Waals surface area contributed by atoms with E-state index in [1.54, 1.807) is 0 Å². The number of benzene rings is 1. The SMILES string of the molecule is C[C@H]1C[C@@H]1Cc1cc(Br)cc(Br)c1. The van der Waals surface area contributed by atoms with Crippen LogP contribution >= 0.6 is 31.9 Å². The molecule has 0 nitrogen and oxygen atoms in total. The molecular formula is C11H12Br2. The molecule has 0 heterocycles. The van der Waals surface area contributed by atoms with Crippen LogP contribution in [0.25, 0.3) is 0 Å². The van der Waals surface area contributed by atoms with E-state index in [1.165, 1.54) is 27.4 Å². The Morgan fingerprint density at radius 3 is 2.23 bits per heavy atom. The van der Waals surface area contributed by atoms with Crippen molar-refractivity contribution in [2.24, 2.45) is 11.8 Å². The third-order valence-electron chi connectivity index (χ3n) is 2.70. The summed E-state index contributed by atoms with van der Waals surface area (Å²) in [5.74, 6) is 1.87. The van der Waals surface area contributed by atoms with Crippen molar-refractivity contribution in [2.75, 3.05) is 0 Å². The molecule has 0 aromatic heterocycles. The minimum Gasteiger partial charge on any atom is -0.0622 e. The zero-order valence-corrected chi connectivity index (χ0v) is 10.7.